The second-order valence-corrected chi connectivity index (χ2v) is 8.80. The van der Waals surface area contributed by atoms with Crippen molar-refractivity contribution in [1.82, 2.24) is 9.21 Å². The van der Waals surface area contributed by atoms with Gasteiger partial charge in [0.25, 0.3) is 5.91 Å². The Balaban J connectivity index is 1.65. The predicted molar refractivity (Wildman–Crippen MR) is 112 cm³/mol. The van der Waals surface area contributed by atoms with Crippen molar-refractivity contribution in [1.29, 1.82) is 5.26 Å². The fourth-order valence-corrected chi connectivity index (χ4v) is 4.56. The third kappa shape index (κ3) is 4.79. The predicted octanol–water partition coefficient (Wildman–Crippen LogP) is 2.05. The minimum Gasteiger partial charge on any atom is -0.508 e. The van der Waals surface area contributed by atoms with Crippen LogP contribution in [0.5, 0.6) is 5.75 Å². The van der Waals surface area contributed by atoms with E-state index in [9.17, 15) is 23.6 Å². The molecular weight excluding hydrogens is 404 g/mol. The molecular formula is C21H22N4O4S. The number of carbonyl (C=O) groups excluding carboxylic acids is 1. The van der Waals surface area contributed by atoms with Crippen molar-refractivity contribution < 1.29 is 18.3 Å². The molecule has 1 heterocycles. The van der Waals surface area contributed by atoms with Crippen LogP contribution in [0.1, 0.15) is 5.56 Å². The lowest BCUT2D eigenvalue weighted by atomic mass is 10.1. The van der Waals surface area contributed by atoms with Crippen LogP contribution in [0.3, 0.4) is 0 Å². The number of benzene rings is 2. The van der Waals surface area contributed by atoms with Gasteiger partial charge in [-0.05, 0) is 42.8 Å². The summed E-state index contributed by atoms with van der Waals surface area (Å²) in [5.74, 6) is -0.476. The number of carbonyl (C=O) groups is 1. The summed E-state index contributed by atoms with van der Waals surface area (Å²) in [7, 11) is -3.56. The zero-order chi connectivity index (χ0) is 21.7. The molecule has 156 valence electrons. The van der Waals surface area contributed by atoms with E-state index in [0.29, 0.717) is 24.3 Å². The van der Waals surface area contributed by atoms with Gasteiger partial charge in [-0.2, -0.15) is 9.57 Å². The van der Waals surface area contributed by atoms with Crippen molar-refractivity contribution in [2.24, 2.45) is 0 Å². The molecule has 0 bridgehead atoms. The number of phenolic OH excluding ortho intramolecular Hbond substituents is 1. The number of rotatable bonds is 5. The Labute approximate surface area is 175 Å². The van der Waals surface area contributed by atoms with Gasteiger partial charge in [-0.15, -0.1) is 0 Å². The highest BCUT2D eigenvalue weighted by Crippen LogP contribution is 2.21. The maximum absolute atomic E-state index is 12.7. The van der Waals surface area contributed by atoms with E-state index in [-0.39, 0.29) is 29.3 Å². The van der Waals surface area contributed by atoms with Gasteiger partial charge in [0.2, 0.25) is 10.0 Å². The fourth-order valence-electron chi connectivity index (χ4n) is 3.11. The number of hydrogen-bond acceptors (Lipinski definition) is 6. The summed E-state index contributed by atoms with van der Waals surface area (Å²) >= 11 is 0. The molecule has 8 nitrogen and oxygen atoms in total. The minimum absolute atomic E-state index is 0.0816. The van der Waals surface area contributed by atoms with Gasteiger partial charge in [0.15, 0.2) is 0 Å². The lowest BCUT2D eigenvalue weighted by molar-refractivity contribution is -0.112. The standard InChI is InChI=1S/C21H22N4O4S/c1-16-13-18(26)7-8-20(16)23-21(27)17(14-22)15-24-9-11-25(12-10-24)30(28,29)19-5-3-2-4-6-19/h2-8,13,15,26H,9-12H2,1H3,(H,23,27)/b17-15-. The van der Waals surface area contributed by atoms with E-state index in [1.54, 1.807) is 48.2 Å². The normalized spacial score (nSPS) is 15.5. The average Bonchev–Trinajstić information content (AvgIpc) is 2.75. The van der Waals surface area contributed by atoms with E-state index < -0.39 is 15.9 Å². The van der Waals surface area contributed by atoms with Crippen molar-refractivity contribution in [2.75, 3.05) is 31.5 Å². The SMILES string of the molecule is Cc1cc(O)ccc1NC(=O)/C(C#N)=C\N1CCN(S(=O)(=O)c2ccccc2)CC1. The second-order valence-electron chi connectivity index (χ2n) is 6.86. The largest absolute Gasteiger partial charge is 0.508 e. The van der Waals surface area contributed by atoms with Crippen molar-refractivity contribution in [3.63, 3.8) is 0 Å². The van der Waals surface area contributed by atoms with Crippen LogP contribution >= 0.6 is 0 Å². The topological polar surface area (TPSA) is 114 Å². The summed E-state index contributed by atoms with van der Waals surface area (Å²) in [5, 5.41) is 21.5. The third-order valence-electron chi connectivity index (χ3n) is 4.79. The average molecular weight is 426 g/mol. The first-order valence-corrected chi connectivity index (χ1v) is 10.8. The van der Waals surface area contributed by atoms with Crippen LogP contribution in [0.25, 0.3) is 0 Å². The number of aryl methyl sites for hydroxylation is 1. The Morgan fingerprint density at radius 2 is 1.80 bits per heavy atom. The van der Waals surface area contributed by atoms with Gasteiger partial charge >= 0.3 is 0 Å². The van der Waals surface area contributed by atoms with Crippen LogP contribution in [-0.2, 0) is 14.8 Å². The van der Waals surface area contributed by atoms with Crippen molar-refractivity contribution in [2.45, 2.75) is 11.8 Å². The highest BCUT2D eigenvalue weighted by molar-refractivity contribution is 7.89. The van der Waals surface area contributed by atoms with Gasteiger partial charge in [0.1, 0.15) is 17.4 Å². The molecule has 9 heteroatoms. The molecule has 3 rings (SSSR count). The number of nitrogens with one attached hydrogen (secondary N) is 1. The highest BCUT2D eigenvalue weighted by atomic mass is 32.2. The molecule has 2 aromatic carbocycles. The van der Waals surface area contributed by atoms with Gasteiger partial charge in [-0.25, -0.2) is 8.42 Å². The van der Waals surface area contributed by atoms with Crippen LogP contribution < -0.4 is 5.32 Å². The first kappa shape index (κ1) is 21.4. The van der Waals surface area contributed by atoms with E-state index in [2.05, 4.69) is 5.32 Å². The molecule has 2 N–H and O–H groups in total. The van der Waals surface area contributed by atoms with Gasteiger partial charge in [0, 0.05) is 38.1 Å². The molecule has 1 amide bonds. The number of sulfonamides is 1. The molecule has 0 aromatic heterocycles. The summed E-state index contributed by atoms with van der Waals surface area (Å²) in [5.41, 5.74) is 1.08. The quantitative estimate of drug-likeness (QED) is 0.430. The smallest absolute Gasteiger partial charge is 0.267 e. The maximum Gasteiger partial charge on any atom is 0.267 e. The summed E-state index contributed by atoms with van der Waals surface area (Å²) < 4.78 is 26.8. The first-order chi connectivity index (χ1) is 14.3. The van der Waals surface area contributed by atoms with Crippen molar-refractivity contribution >= 4 is 21.6 Å². The van der Waals surface area contributed by atoms with Crippen molar-refractivity contribution in [3.05, 3.63) is 65.9 Å². The molecule has 2 aromatic rings. The van der Waals surface area contributed by atoms with Gasteiger partial charge in [0.05, 0.1) is 4.90 Å². The number of phenols is 1. The van der Waals surface area contributed by atoms with Crippen LogP contribution in [0, 0.1) is 18.3 Å². The monoisotopic (exact) mass is 426 g/mol. The Kier molecular flexibility index (Phi) is 6.40. The van der Waals surface area contributed by atoms with Crippen LogP contribution in [0.15, 0.2) is 65.2 Å². The third-order valence-corrected chi connectivity index (χ3v) is 6.70. The molecule has 30 heavy (non-hydrogen) atoms. The van der Waals surface area contributed by atoms with E-state index in [0.717, 1.165) is 0 Å². The molecule has 0 aliphatic carbocycles. The van der Waals surface area contributed by atoms with Gasteiger partial charge in [-0.1, -0.05) is 18.2 Å². The Morgan fingerprint density at radius 1 is 1.13 bits per heavy atom. The molecule has 1 fully saturated rings. The second kappa shape index (κ2) is 8.98. The first-order valence-electron chi connectivity index (χ1n) is 9.33. The number of nitrogens with zero attached hydrogens (tertiary/aromatic N) is 3. The van der Waals surface area contributed by atoms with Gasteiger partial charge in [-0.3, -0.25) is 4.79 Å². The summed E-state index contributed by atoms with van der Waals surface area (Å²) in [6, 6.07) is 14.7. The molecule has 1 aliphatic rings. The highest BCUT2D eigenvalue weighted by Gasteiger charge is 2.28. The Bertz CT molecular complexity index is 1100. The molecule has 0 radical (unpaired) electrons. The maximum atomic E-state index is 12.7. The van der Waals surface area contributed by atoms with E-state index in [1.807, 2.05) is 6.07 Å². The number of hydrogen-bond donors (Lipinski definition) is 2. The number of nitriles is 1. The van der Waals surface area contributed by atoms with E-state index in [1.165, 1.54) is 22.6 Å². The number of amides is 1. The fraction of sp³-hybridized carbons (Fsp3) is 0.238. The van der Waals surface area contributed by atoms with Crippen LogP contribution in [0.2, 0.25) is 0 Å². The molecule has 0 spiro atoms. The van der Waals surface area contributed by atoms with E-state index >= 15 is 0 Å². The lowest BCUT2D eigenvalue weighted by Gasteiger charge is -2.33. The number of anilines is 1. The summed E-state index contributed by atoms with van der Waals surface area (Å²) in [6.45, 7) is 2.97. The molecule has 0 unspecified atom stereocenters. The molecule has 1 aliphatic heterocycles. The Hall–Kier alpha value is -3.35. The van der Waals surface area contributed by atoms with Crippen LogP contribution in [-0.4, -0.2) is 54.8 Å². The Morgan fingerprint density at radius 3 is 2.40 bits per heavy atom. The van der Waals surface area contributed by atoms with Crippen LogP contribution in [0.4, 0.5) is 5.69 Å². The zero-order valence-corrected chi connectivity index (χ0v) is 17.3. The van der Waals surface area contributed by atoms with Gasteiger partial charge < -0.3 is 15.3 Å². The zero-order valence-electron chi connectivity index (χ0n) is 16.4. The molecule has 0 saturated carbocycles. The minimum atomic E-state index is -3.56. The summed E-state index contributed by atoms with van der Waals surface area (Å²) in [6.07, 6.45) is 1.46. The molecule has 1 saturated heterocycles. The van der Waals surface area contributed by atoms with E-state index in [4.69, 9.17) is 0 Å². The number of piperazine rings is 1. The summed E-state index contributed by atoms with van der Waals surface area (Å²) in [4.78, 5) is 14.5. The lowest BCUT2D eigenvalue weighted by Crippen LogP contribution is -2.46. The number of aromatic hydroxyl groups is 1. The molecule has 0 atom stereocenters. The van der Waals surface area contributed by atoms with Crippen molar-refractivity contribution in [3.8, 4) is 11.8 Å².